The van der Waals surface area contributed by atoms with E-state index in [2.05, 4.69) is 26.0 Å². The van der Waals surface area contributed by atoms with Crippen LogP contribution in [0.2, 0.25) is 0 Å². The average Bonchev–Trinajstić information content (AvgIpc) is 1.61. The van der Waals surface area contributed by atoms with Gasteiger partial charge >= 0.3 is 0 Å². The monoisotopic (exact) mass is 82.1 g/mol. The van der Waals surface area contributed by atoms with Gasteiger partial charge in [0, 0.05) is 0 Å². The van der Waals surface area contributed by atoms with Gasteiger partial charge in [-0.2, -0.15) is 0 Å². The van der Waals surface area contributed by atoms with E-state index in [0.29, 0.717) is 0 Å². The lowest BCUT2D eigenvalue weighted by molar-refractivity contribution is 0.501. The quantitative estimate of drug-likeness (QED) is 0.391. The second-order valence-electron chi connectivity index (χ2n) is 2.10. The minimum absolute atomic E-state index is 0.852. The van der Waals surface area contributed by atoms with E-state index in [1.807, 2.05) is 0 Å². The SMILES string of the molecule is C[C@@H]1C=C[C@@H]1C. The van der Waals surface area contributed by atoms with E-state index < -0.39 is 0 Å². The maximum atomic E-state index is 2.24. The van der Waals surface area contributed by atoms with Gasteiger partial charge in [-0.05, 0) is 11.8 Å². The Morgan fingerprint density at radius 2 is 1.33 bits per heavy atom. The lowest BCUT2D eigenvalue weighted by Crippen LogP contribution is -2.09. The number of rotatable bonds is 0. The zero-order valence-corrected chi connectivity index (χ0v) is 4.31. The highest BCUT2D eigenvalue weighted by Crippen LogP contribution is 2.22. The molecule has 0 unspecified atom stereocenters. The van der Waals surface area contributed by atoms with Crippen LogP contribution in [0.3, 0.4) is 0 Å². The van der Waals surface area contributed by atoms with Gasteiger partial charge in [-0.1, -0.05) is 26.0 Å². The maximum absolute atomic E-state index is 2.24. The van der Waals surface area contributed by atoms with Crippen LogP contribution in [0.15, 0.2) is 12.2 Å². The molecular formula is C6H10. The minimum Gasteiger partial charge on any atom is -0.0848 e. The normalized spacial score (nSPS) is 42.3. The van der Waals surface area contributed by atoms with E-state index in [9.17, 15) is 0 Å². The van der Waals surface area contributed by atoms with Crippen LogP contribution in [0.1, 0.15) is 13.8 Å². The molecular weight excluding hydrogens is 72.1 g/mol. The zero-order chi connectivity index (χ0) is 4.57. The molecule has 0 bridgehead atoms. The molecule has 0 heterocycles. The summed E-state index contributed by atoms with van der Waals surface area (Å²) in [5, 5.41) is 0. The number of hydrogen-bond acceptors (Lipinski definition) is 0. The molecule has 0 fully saturated rings. The molecule has 0 aliphatic heterocycles. The fourth-order valence-corrected chi connectivity index (χ4v) is 0.556. The van der Waals surface area contributed by atoms with Gasteiger partial charge in [0.2, 0.25) is 0 Å². The summed E-state index contributed by atoms with van der Waals surface area (Å²) in [5.74, 6) is 1.70. The topological polar surface area (TPSA) is 0 Å². The molecule has 0 amide bonds. The Balaban J connectivity index is 2.45. The van der Waals surface area contributed by atoms with Crippen molar-refractivity contribution in [1.29, 1.82) is 0 Å². The third-order valence-corrected chi connectivity index (χ3v) is 1.55. The molecule has 0 heteroatoms. The van der Waals surface area contributed by atoms with Gasteiger partial charge in [-0.3, -0.25) is 0 Å². The maximum Gasteiger partial charge on any atom is -0.0201 e. The molecule has 0 aromatic rings. The molecule has 0 aromatic heterocycles. The second-order valence-corrected chi connectivity index (χ2v) is 2.10. The third-order valence-electron chi connectivity index (χ3n) is 1.55. The highest BCUT2D eigenvalue weighted by Gasteiger charge is 2.11. The van der Waals surface area contributed by atoms with Crippen LogP contribution in [0.25, 0.3) is 0 Å². The van der Waals surface area contributed by atoms with Gasteiger partial charge in [-0.15, -0.1) is 0 Å². The lowest BCUT2D eigenvalue weighted by Gasteiger charge is -2.20. The third kappa shape index (κ3) is 0.368. The molecule has 0 saturated heterocycles. The lowest BCUT2D eigenvalue weighted by atomic mass is 9.86. The van der Waals surface area contributed by atoms with Crippen molar-refractivity contribution in [2.75, 3.05) is 0 Å². The summed E-state index contributed by atoms with van der Waals surface area (Å²) in [5.41, 5.74) is 0. The van der Waals surface area contributed by atoms with E-state index in [1.165, 1.54) is 0 Å². The summed E-state index contributed by atoms with van der Waals surface area (Å²) in [6.45, 7) is 4.48. The van der Waals surface area contributed by atoms with Crippen LogP contribution < -0.4 is 0 Å². The fraction of sp³-hybridized carbons (Fsp3) is 0.667. The van der Waals surface area contributed by atoms with Crippen LogP contribution in [0.4, 0.5) is 0 Å². The molecule has 2 atom stereocenters. The van der Waals surface area contributed by atoms with Gasteiger partial charge in [0.15, 0.2) is 0 Å². The second kappa shape index (κ2) is 1.11. The summed E-state index contributed by atoms with van der Waals surface area (Å²) in [4.78, 5) is 0. The first-order valence-electron chi connectivity index (χ1n) is 2.49. The van der Waals surface area contributed by atoms with Crippen LogP contribution in [-0.2, 0) is 0 Å². The van der Waals surface area contributed by atoms with E-state index in [0.717, 1.165) is 11.8 Å². The number of hydrogen-bond donors (Lipinski definition) is 0. The van der Waals surface area contributed by atoms with Crippen molar-refractivity contribution < 1.29 is 0 Å². The zero-order valence-electron chi connectivity index (χ0n) is 4.31. The molecule has 6 heavy (non-hydrogen) atoms. The van der Waals surface area contributed by atoms with Gasteiger partial charge in [0.05, 0.1) is 0 Å². The first-order chi connectivity index (χ1) is 2.80. The predicted octanol–water partition coefficient (Wildman–Crippen LogP) is 1.83. The van der Waals surface area contributed by atoms with E-state index in [4.69, 9.17) is 0 Å². The molecule has 0 N–H and O–H groups in total. The van der Waals surface area contributed by atoms with Crippen LogP contribution in [-0.4, -0.2) is 0 Å². The predicted molar refractivity (Wildman–Crippen MR) is 27.5 cm³/mol. The highest BCUT2D eigenvalue weighted by molar-refractivity contribution is 5.04. The van der Waals surface area contributed by atoms with Crippen molar-refractivity contribution >= 4 is 0 Å². The largest absolute Gasteiger partial charge is 0.0848 e. The molecule has 0 radical (unpaired) electrons. The van der Waals surface area contributed by atoms with Gasteiger partial charge in [0.25, 0.3) is 0 Å². The van der Waals surface area contributed by atoms with E-state index >= 15 is 0 Å². The molecule has 34 valence electrons. The van der Waals surface area contributed by atoms with Gasteiger partial charge in [-0.25, -0.2) is 0 Å². The van der Waals surface area contributed by atoms with Crippen LogP contribution >= 0.6 is 0 Å². The van der Waals surface area contributed by atoms with Crippen molar-refractivity contribution in [3.63, 3.8) is 0 Å². The summed E-state index contributed by atoms with van der Waals surface area (Å²) in [7, 11) is 0. The summed E-state index contributed by atoms with van der Waals surface area (Å²) < 4.78 is 0. The van der Waals surface area contributed by atoms with Crippen molar-refractivity contribution in [2.45, 2.75) is 13.8 Å². The Kier molecular flexibility index (Phi) is 0.722. The number of allylic oxidation sites excluding steroid dienone is 2. The Bertz CT molecular complexity index is 62.1. The van der Waals surface area contributed by atoms with Crippen molar-refractivity contribution in [3.8, 4) is 0 Å². The summed E-state index contributed by atoms with van der Waals surface area (Å²) >= 11 is 0. The molecule has 1 rings (SSSR count). The minimum atomic E-state index is 0.852. The fourth-order valence-electron chi connectivity index (χ4n) is 0.556. The summed E-state index contributed by atoms with van der Waals surface area (Å²) in [6.07, 6.45) is 4.48. The van der Waals surface area contributed by atoms with Crippen LogP contribution in [0.5, 0.6) is 0 Å². The molecule has 0 spiro atoms. The Morgan fingerprint density at radius 3 is 1.33 bits per heavy atom. The first-order valence-corrected chi connectivity index (χ1v) is 2.49. The molecule has 0 nitrogen and oxygen atoms in total. The molecule has 1 aliphatic rings. The van der Waals surface area contributed by atoms with Crippen LogP contribution in [0, 0.1) is 11.8 Å². The van der Waals surface area contributed by atoms with E-state index in [-0.39, 0.29) is 0 Å². The van der Waals surface area contributed by atoms with Gasteiger partial charge < -0.3 is 0 Å². The Hall–Kier alpha value is -0.260. The van der Waals surface area contributed by atoms with Gasteiger partial charge in [0.1, 0.15) is 0 Å². The average molecular weight is 82.1 g/mol. The molecule has 0 aromatic carbocycles. The Labute approximate surface area is 38.9 Å². The van der Waals surface area contributed by atoms with Crippen molar-refractivity contribution in [2.24, 2.45) is 11.8 Å². The molecule has 0 saturated carbocycles. The van der Waals surface area contributed by atoms with Crippen molar-refractivity contribution in [1.82, 2.24) is 0 Å². The summed E-state index contributed by atoms with van der Waals surface area (Å²) in [6, 6.07) is 0. The van der Waals surface area contributed by atoms with E-state index in [1.54, 1.807) is 0 Å². The smallest absolute Gasteiger partial charge is 0.0201 e. The molecule has 1 aliphatic carbocycles. The Morgan fingerprint density at radius 1 is 1.00 bits per heavy atom. The van der Waals surface area contributed by atoms with Crippen molar-refractivity contribution in [3.05, 3.63) is 12.2 Å². The standard InChI is InChI=1S/C6H10/c1-5-3-4-6(5)2/h3-6H,1-2H3/t5-,6+. The highest BCUT2D eigenvalue weighted by atomic mass is 14.2. The first kappa shape index (κ1) is 3.91.